The summed E-state index contributed by atoms with van der Waals surface area (Å²) >= 11 is 0. The van der Waals surface area contributed by atoms with Crippen molar-refractivity contribution in [2.45, 2.75) is 66.0 Å². The first kappa shape index (κ1) is 22.1. The van der Waals surface area contributed by atoms with Gasteiger partial charge in [0.25, 0.3) is 5.56 Å². The van der Waals surface area contributed by atoms with Crippen LogP contribution in [0.3, 0.4) is 0 Å². The molecule has 1 aromatic heterocycles. The van der Waals surface area contributed by atoms with E-state index in [4.69, 9.17) is 4.74 Å². The van der Waals surface area contributed by atoms with Crippen LogP contribution in [0.4, 0.5) is 0 Å². The van der Waals surface area contributed by atoms with Crippen LogP contribution in [0.25, 0.3) is 11.3 Å². The Labute approximate surface area is 178 Å². The SMILES string of the molecule is CCOc1ccc(-c2ccc(=O)n(C(C)C(=O)NC3CC(C)CC(C)(C)C3)n2)cc1. The molecule has 0 radical (unpaired) electrons. The summed E-state index contributed by atoms with van der Waals surface area (Å²) in [7, 11) is 0. The van der Waals surface area contributed by atoms with Gasteiger partial charge in [-0.15, -0.1) is 0 Å². The minimum atomic E-state index is -0.680. The fourth-order valence-corrected chi connectivity index (χ4v) is 4.63. The number of carbonyl (C=O) groups excluding carboxylic acids is 1. The Bertz CT molecular complexity index is 933. The lowest BCUT2D eigenvalue weighted by atomic mass is 9.70. The zero-order valence-electron chi connectivity index (χ0n) is 18.6. The zero-order chi connectivity index (χ0) is 21.9. The molecular formula is C24H33N3O3. The maximum Gasteiger partial charge on any atom is 0.267 e. The van der Waals surface area contributed by atoms with Gasteiger partial charge in [0, 0.05) is 17.7 Å². The fraction of sp³-hybridized carbons (Fsp3) is 0.542. The molecule has 162 valence electrons. The van der Waals surface area contributed by atoms with E-state index < -0.39 is 6.04 Å². The maximum absolute atomic E-state index is 12.9. The van der Waals surface area contributed by atoms with Crippen LogP contribution in [0, 0.1) is 11.3 Å². The molecule has 3 unspecified atom stereocenters. The third-order valence-electron chi connectivity index (χ3n) is 5.77. The molecule has 3 atom stereocenters. The second-order valence-corrected chi connectivity index (χ2v) is 9.25. The van der Waals surface area contributed by atoms with Crippen molar-refractivity contribution in [1.82, 2.24) is 15.1 Å². The number of hydrogen-bond acceptors (Lipinski definition) is 4. The Balaban J connectivity index is 1.76. The first-order valence-electron chi connectivity index (χ1n) is 10.8. The van der Waals surface area contributed by atoms with E-state index >= 15 is 0 Å². The van der Waals surface area contributed by atoms with E-state index in [1.54, 1.807) is 13.0 Å². The van der Waals surface area contributed by atoms with Crippen molar-refractivity contribution in [2.24, 2.45) is 11.3 Å². The summed E-state index contributed by atoms with van der Waals surface area (Å²) in [6.07, 6.45) is 3.08. The van der Waals surface area contributed by atoms with Gasteiger partial charge in [-0.1, -0.05) is 20.8 Å². The van der Waals surface area contributed by atoms with E-state index in [2.05, 4.69) is 31.2 Å². The number of carbonyl (C=O) groups is 1. The van der Waals surface area contributed by atoms with Crippen molar-refractivity contribution in [2.75, 3.05) is 6.61 Å². The summed E-state index contributed by atoms with van der Waals surface area (Å²) in [5, 5.41) is 7.63. The first-order chi connectivity index (χ1) is 14.2. The van der Waals surface area contributed by atoms with Gasteiger partial charge in [-0.05, 0) is 74.8 Å². The van der Waals surface area contributed by atoms with Crippen LogP contribution in [-0.4, -0.2) is 28.3 Å². The Morgan fingerprint density at radius 2 is 1.93 bits per heavy atom. The molecule has 3 rings (SSSR count). The van der Waals surface area contributed by atoms with Gasteiger partial charge in [0.1, 0.15) is 11.8 Å². The molecule has 0 bridgehead atoms. The number of rotatable bonds is 6. The van der Waals surface area contributed by atoms with Crippen LogP contribution in [0.1, 0.15) is 59.9 Å². The Hall–Kier alpha value is -2.63. The topological polar surface area (TPSA) is 73.2 Å². The van der Waals surface area contributed by atoms with Crippen LogP contribution < -0.4 is 15.6 Å². The molecule has 1 amide bonds. The largest absolute Gasteiger partial charge is 0.494 e. The Morgan fingerprint density at radius 1 is 1.23 bits per heavy atom. The zero-order valence-corrected chi connectivity index (χ0v) is 18.6. The normalized spacial score (nSPS) is 21.6. The predicted octanol–water partition coefficient (Wildman–Crippen LogP) is 4.20. The van der Waals surface area contributed by atoms with Crippen LogP contribution >= 0.6 is 0 Å². The van der Waals surface area contributed by atoms with Crippen LogP contribution in [0.5, 0.6) is 5.75 Å². The van der Waals surface area contributed by atoms with E-state index in [-0.39, 0.29) is 22.9 Å². The molecule has 1 aliphatic carbocycles. The van der Waals surface area contributed by atoms with Gasteiger partial charge in [0.2, 0.25) is 5.91 Å². The molecule has 0 spiro atoms. The summed E-state index contributed by atoms with van der Waals surface area (Å²) in [6, 6.07) is 10.1. The predicted molar refractivity (Wildman–Crippen MR) is 119 cm³/mol. The number of benzene rings is 1. The number of aromatic nitrogens is 2. The number of ether oxygens (including phenoxy) is 1. The molecule has 0 aliphatic heterocycles. The van der Waals surface area contributed by atoms with Crippen LogP contribution in [0.2, 0.25) is 0 Å². The fourth-order valence-electron chi connectivity index (χ4n) is 4.63. The molecule has 1 N–H and O–H groups in total. The molecular weight excluding hydrogens is 378 g/mol. The third-order valence-corrected chi connectivity index (χ3v) is 5.77. The molecule has 6 heteroatoms. The molecule has 6 nitrogen and oxygen atoms in total. The average molecular weight is 412 g/mol. The van der Waals surface area contributed by atoms with Gasteiger partial charge in [-0.2, -0.15) is 5.10 Å². The maximum atomic E-state index is 12.9. The van der Waals surface area contributed by atoms with Gasteiger partial charge in [0.05, 0.1) is 12.3 Å². The van der Waals surface area contributed by atoms with E-state index in [9.17, 15) is 9.59 Å². The summed E-state index contributed by atoms with van der Waals surface area (Å²) < 4.78 is 6.75. The second-order valence-electron chi connectivity index (χ2n) is 9.25. The summed E-state index contributed by atoms with van der Waals surface area (Å²) in [6.45, 7) is 11.0. The van der Waals surface area contributed by atoms with E-state index in [1.165, 1.54) is 17.2 Å². The molecule has 1 aliphatic rings. The smallest absolute Gasteiger partial charge is 0.267 e. The molecule has 1 aromatic carbocycles. The van der Waals surface area contributed by atoms with Crippen molar-refractivity contribution in [3.8, 4) is 17.0 Å². The standard InChI is InChI=1S/C24H33N3O3/c1-6-30-20-9-7-18(8-10-20)21-11-12-22(28)27(26-21)17(3)23(29)25-19-13-16(2)14-24(4,5)15-19/h7-12,16-17,19H,6,13-15H2,1-5H3,(H,25,29). The molecule has 30 heavy (non-hydrogen) atoms. The van der Waals surface area contributed by atoms with E-state index in [1.807, 2.05) is 31.2 Å². The lowest BCUT2D eigenvalue weighted by Crippen LogP contribution is -2.46. The summed E-state index contributed by atoms with van der Waals surface area (Å²) in [5.74, 6) is 1.19. The van der Waals surface area contributed by atoms with E-state index in [0.717, 1.165) is 24.2 Å². The van der Waals surface area contributed by atoms with Gasteiger partial charge in [-0.25, -0.2) is 4.68 Å². The lowest BCUT2D eigenvalue weighted by molar-refractivity contribution is -0.125. The molecule has 1 saturated carbocycles. The highest BCUT2D eigenvalue weighted by atomic mass is 16.5. The summed E-state index contributed by atoms with van der Waals surface area (Å²) in [5.41, 5.74) is 1.43. The summed E-state index contributed by atoms with van der Waals surface area (Å²) in [4.78, 5) is 25.4. The molecule has 0 saturated heterocycles. The number of amides is 1. The van der Waals surface area contributed by atoms with Crippen molar-refractivity contribution in [1.29, 1.82) is 0 Å². The average Bonchev–Trinajstić information content (AvgIpc) is 2.67. The quantitative estimate of drug-likeness (QED) is 0.773. The van der Waals surface area contributed by atoms with Crippen molar-refractivity contribution in [3.05, 3.63) is 46.8 Å². The number of nitrogens with one attached hydrogen (secondary N) is 1. The third kappa shape index (κ3) is 5.29. The van der Waals surface area contributed by atoms with E-state index in [0.29, 0.717) is 18.2 Å². The molecule has 2 aromatic rings. The van der Waals surface area contributed by atoms with Crippen molar-refractivity contribution >= 4 is 5.91 Å². The molecule has 1 heterocycles. The van der Waals surface area contributed by atoms with Gasteiger partial charge < -0.3 is 10.1 Å². The van der Waals surface area contributed by atoms with Crippen LogP contribution in [-0.2, 0) is 4.79 Å². The number of hydrogen-bond donors (Lipinski definition) is 1. The Kier molecular flexibility index (Phi) is 6.64. The van der Waals surface area contributed by atoms with Crippen molar-refractivity contribution in [3.63, 3.8) is 0 Å². The minimum Gasteiger partial charge on any atom is -0.494 e. The minimum absolute atomic E-state index is 0.128. The highest BCUT2D eigenvalue weighted by Gasteiger charge is 2.33. The first-order valence-corrected chi connectivity index (χ1v) is 10.8. The van der Waals surface area contributed by atoms with Gasteiger partial charge in [-0.3, -0.25) is 9.59 Å². The van der Waals surface area contributed by atoms with Crippen LogP contribution in [0.15, 0.2) is 41.2 Å². The van der Waals surface area contributed by atoms with Gasteiger partial charge >= 0.3 is 0 Å². The second kappa shape index (κ2) is 9.02. The number of nitrogens with zero attached hydrogens (tertiary/aromatic N) is 2. The van der Waals surface area contributed by atoms with Crippen molar-refractivity contribution < 1.29 is 9.53 Å². The highest BCUT2D eigenvalue weighted by molar-refractivity contribution is 5.80. The highest BCUT2D eigenvalue weighted by Crippen LogP contribution is 2.38. The Morgan fingerprint density at radius 3 is 2.57 bits per heavy atom. The monoisotopic (exact) mass is 411 g/mol. The van der Waals surface area contributed by atoms with Gasteiger partial charge in [0.15, 0.2) is 0 Å². The lowest BCUT2D eigenvalue weighted by Gasteiger charge is -2.39. The molecule has 1 fully saturated rings.